The molecule has 0 N–H and O–H groups in total. The van der Waals surface area contributed by atoms with E-state index in [9.17, 15) is 4.79 Å². The molecule has 2 aromatic heterocycles. The summed E-state index contributed by atoms with van der Waals surface area (Å²) < 4.78 is 1.97. The Morgan fingerprint density at radius 2 is 1.96 bits per heavy atom. The first-order chi connectivity index (χ1) is 13.6. The number of carbonyl (C=O) groups excluding carboxylic acids is 1. The first kappa shape index (κ1) is 19.6. The van der Waals surface area contributed by atoms with Crippen LogP contribution < -0.4 is 0 Å². The number of amides is 1. The third-order valence-corrected chi connectivity index (χ3v) is 5.15. The van der Waals surface area contributed by atoms with Crippen molar-refractivity contribution in [3.05, 3.63) is 54.4 Å². The lowest BCUT2D eigenvalue weighted by molar-refractivity contribution is -0.127. The molecule has 0 saturated heterocycles. The molecule has 1 aromatic carbocycles. The predicted octanol–water partition coefficient (Wildman–Crippen LogP) is 3.10. The van der Waals surface area contributed by atoms with Crippen LogP contribution in [0.4, 0.5) is 0 Å². The van der Waals surface area contributed by atoms with E-state index in [2.05, 4.69) is 21.3 Å². The highest BCUT2D eigenvalue weighted by Gasteiger charge is 2.19. The van der Waals surface area contributed by atoms with Gasteiger partial charge in [-0.05, 0) is 30.7 Å². The van der Waals surface area contributed by atoms with Crippen LogP contribution >= 0.6 is 11.8 Å². The molecule has 1 amide bonds. The van der Waals surface area contributed by atoms with Crippen LogP contribution in [0.1, 0.15) is 12.0 Å². The SMILES string of the molecule is Cc1ccccc1-n1c(SCC(=O)N(C)CCC#N)nnc1-c1ccncc1. The van der Waals surface area contributed by atoms with Crippen LogP contribution in [0.3, 0.4) is 0 Å². The van der Waals surface area contributed by atoms with Crippen LogP contribution in [-0.2, 0) is 4.79 Å². The number of pyridine rings is 1. The van der Waals surface area contributed by atoms with Crippen LogP contribution in [0.2, 0.25) is 0 Å². The standard InChI is InChI=1S/C20H20N6OS/c1-15-6-3-4-7-17(15)26-19(16-8-11-22-12-9-16)23-24-20(26)28-14-18(27)25(2)13-5-10-21/h3-4,6-9,11-12H,5,13-14H2,1-2H3. The van der Waals surface area contributed by atoms with Crippen molar-refractivity contribution in [1.29, 1.82) is 5.26 Å². The second-order valence-electron chi connectivity index (χ2n) is 6.18. The van der Waals surface area contributed by atoms with Gasteiger partial charge in [0.1, 0.15) is 0 Å². The van der Waals surface area contributed by atoms with Crippen LogP contribution in [-0.4, -0.2) is 49.9 Å². The zero-order valence-electron chi connectivity index (χ0n) is 15.7. The Labute approximate surface area is 168 Å². The van der Waals surface area contributed by atoms with Gasteiger partial charge in [-0.1, -0.05) is 30.0 Å². The molecule has 2 heterocycles. The number of aromatic nitrogens is 4. The van der Waals surface area contributed by atoms with Crippen molar-refractivity contribution in [3.8, 4) is 23.1 Å². The molecule has 8 heteroatoms. The normalized spacial score (nSPS) is 10.5. The minimum atomic E-state index is -0.0509. The summed E-state index contributed by atoms with van der Waals surface area (Å²) in [6.07, 6.45) is 3.75. The molecule has 0 fully saturated rings. The quantitative estimate of drug-likeness (QED) is 0.574. The van der Waals surface area contributed by atoms with Crippen molar-refractivity contribution in [2.45, 2.75) is 18.5 Å². The number of para-hydroxylation sites is 1. The van der Waals surface area contributed by atoms with E-state index in [0.717, 1.165) is 16.8 Å². The van der Waals surface area contributed by atoms with E-state index in [-0.39, 0.29) is 11.7 Å². The summed E-state index contributed by atoms with van der Waals surface area (Å²) in [5.41, 5.74) is 2.94. The highest BCUT2D eigenvalue weighted by molar-refractivity contribution is 7.99. The number of rotatable bonds is 7. The number of thioether (sulfide) groups is 1. The zero-order valence-corrected chi connectivity index (χ0v) is 16.6. The fourth-order valence-corrected chi connectivity index (χ4v) is 3.55. The number of nitrogens with zero attached hydrogens (tertiary/aromatic N) is 6. The third-order valence-electron chi connectivity index (χ3n) is 4.24. The van der Waals surface area contributed by atoms with Gasteiger partial charge in [-0.25, -0.2) is 0 Å². The monoisotopic (exact) mass is 392 g/mol. The molecule has 0 spiro atoms. The average Bonchev–Trinajstić information content (AvgIpc) is 3.14. The molecule has 0 unspecified atom stereocenters. The second-order valence-corrected chi connectivity index (χ2v) is 7.12. The average molecular weight is 392 g/mol. The van der Waals surface area contributed by atoms with Crippen LogP contribution in [0.15, 0.2) is 53.9 Å². The minimum Gasteiger partial charge on any atom is -0.344 e. The van der Waals surface area contributed by atoms with Crippen molar-refractivity contribution in [1.82, 2.24) is 24.6 Å². The maximum atomic E-state index is 12.3. The lowest BCUT2D eigenvalue weighted by Gasteiger charge is -2.16. The highest BCUT2D eigenvalue weighted by atomic mass is 32.2. The maximum Gasteiger partial charge on any atom is 0.232 e. The summed E-state index contributed by atoms with van der Waals surface area (Å²) in [6, 6.07) is 13.8. The smallest absolute Gasteiger partial charge is 0.232 e. The van der Waals surface area contributed by atoms with E-state index < -0.39 is 0 Å². The Kier molecular flexibility index (Phi) is 6.40. The van der Waals surface area contributed by atoms with E-state index in [1.54, 1.807) is 24.3 Å². The van der Waals surface area contributed by atoms with Gasteiger partial charge in [-0.2, -0.15) is 5.26 Å². The highest BCUT2D eigenvalue weighted by Crippen LogP contribution is 2.29. The predicted molar refractivity (Wildman–Crippen MR) is 108 cm³/mol. The molecule has 28 heavy (non-hydrogen) atoms. The fourth-order valence-electron chi connectivity index (χ4n) is 2.66. The Morgan fingerprint density at radius 1 is 1.21 bits per heavy atom. The van der Waals surface area contributed by atoms with Crippen molar-refractivity contribution in [3.63, 3.8) is 0 Å². The number of hydrogen-bond donors (Lipinski definition) is 0. The van der Waals surface area contributed by atoms with Gasteiger partial charge in [0.05, 0.1) is 23.9 Å². The van der Waals surface area contributed by atoms with Gasteiger partial charge in [-0.3, -0.25) is 14.3 Å². The summed E-state index contributed by atoms with van der Waals surface area (Å²) >= 11 is 1.34. The van der Waals surface area contributed by atoms with E-state index in [1.807, 2.05) is 47.9 Å². The second kappa shape index (κ2) is 9.15. The van der Waals surface area contributed by atoms with Gasteiger partial charge in [0.15, 0.2) is 11.0 Å². The molecule has 0 aliphatic carbocycles. The maximum absolute atomic E-state index is 12.3. The first-order valence-electron chi connectivity index (χ1n) is 8.77. The summed E-state index contributed by atoms with van der Waals surface area (Å²) in [6.45, 7) is 2.45. The van der Waals surface area contributed by atoms with Gasteiger partial charge < -0.3 is 4.90 Å². The molecule has 142 valence electrons. The van der Waals surface area contributed by atoms with Crippen molar-refractivity contribution >= 4 is 17.7 Å². The summed E-state index contributed by atoms with van der Waals surface area (Å²) in [5.74, 6) is 0.872. The molecule has 0 aliphatic heterocycles. The van der Waals surface area contributed by atoms with Gasteiger partial charge in [0.25, 0.3) is 0 Å². The van der Waals surface area contributed by atoms with Crippen molar-refractivity contribution in [2.75, 3.05) is 19.3 Å². The van der Waals surface area contributed by atoms with Gasteiger partial charge >= 0.3 is 0 Å². The van der Waals surface area contributed by atoms with Gasteiger partial charge in [0, 0.05) is 31.5 Å². The molecule has 0 aliphatic rings. The zero-order chi connectivity index (χ0) is 19.9. The molecule has 0 bridgehead atoms. The number of nitriles is 1. The minimum absolute atomic E-state index is 0.0509. The van der Waals surface area contributed by atoms with Crippen LogP contribution in [0.5, 0.6) is 0 Å². The number of hydrogen-bond acceptors (Lipinski definition) is 6. The Balaban J connectivity index is 1.92. The molecule has 0 atom stereocenters. The molecule has 3 aromatic rings. The summed E-state index contributed by atoms with van der Waals surface area (Å²) in [4.78, 5) is 18.0. The molecule has 0 saturated carbocycles. The lowest BCUT2D eigenvalue weighted by atomic mass is 10.2. The number of aryl methyl sites for hydroxylation is 1. The lowest BCUT2D eigenvalue weighted by Crippen LogP contribution is -2.29. The number of carbonyl (C=O) groups is 1. The molecule has 3 rings (SSSR count). The first-order valence-corrected chi connectivity index (χ1v) is 9.76. The molecule has 7 nitrogen and oxygen atoms in total. The van der Waals surface area contributed by atoms with E-state index in [1.165, 1.54) is 11.8 Å². The Hall–Kier alpha value is -3.18. The molecular weight excluding hydrogens is 372 g/mol. The summed E-state index contributed by atoms with van der Waals surface area (Å²) in [5, 5.41) is 18.0. The molecule has 0 radical (unpaired) electrons. The molecular formula is C20H20N6OS. The third kappa shape index (κ3) is 4.38. The van der Waals surface area contributed by atoms with E-state index in [0.29, 0.717) is 23.9 Å². The van der Waals surface area contributed by atoms with Gasteiger partial charge in [-0.15, -0.1) is 10.2 Å². The largest absolute Gasteiger partial charge is 0.344 e. The van der Waals surface area contributed by atoms with Crippen molar-refractivity contribution < 1.29 is 4.79 Å². The van der Waals surface area contributed by atoms with Gasteiger partial charge in [0.2, 0.25) is 5.91 Å². The van der Waals surface area contributed by atoms with Crippen LogP contribution in [0, 0.1) is 18.3 Å². The van der Waals surface area contributed by atoms with Crippen LogP contribution in [0.25, 0.3) is 17.1 Å². The van der Waals surface area contributed by atoms with E-state index in [4.69, 9.17) is 5.26 Å². The van der Waals surface area contributed by atoms with Crippen molar-refractivity contribution in [2.24, 2.45) is 0 Å². The number of benzene rings is 1. The summed E-state index contributed by atoms with van der Waals surface area (Å²) in [7, 11) is 1.70. The topological polar surface area (TPSA) is 87.7 Å². The Bertz CT molecular complexity index is 995. The van der Waals surface area contributed by atoms with E-state index >= 15 is 0 Å². The fraction of sp³-hybridized carbons (Fsp3) is 0.250. The Morgan fingerprint density at radius 3 is 2.68 bits per heavy atom.